The number of carbonyl (C=O) groups is 1. The quantitative estimate of drug-likeness (QED) is 0.705. The third-order valence-corrected chi connectivity index (χ3v) is 2.47. The normalized spacial score (nSPS) is 10.7. The zero-order chi connectivity index (χ0) is 14.1. The molecule has 0 aliphatic carbocycles. The number of halogens is 2. The summed E-state index contributed by atoms with van der Waals surface area (Å²) in [5, 5.41) is 5.60. The molecule has 0 radical (unpaired) electrons. The molecular formula is C13H18F2N2O2. The van der Waals surface area contributed by atoms with Crippen molar-refractivity contribution in [2.75, 3.05) is 26.8 Å². The van der Waals surface area contributed by atoms with Crippen molar-refractivity contribution < 1.29 is 18.3 Å². The van der Waals surface area contributed by atoms with Gasteiger partial charge in [0.15, 0.2) is 0 Å². The largest absolute Gasteiger partial charge is 0.383 e. The van der Waals surface area contributed by atoms with Crippen molar-refractivity contribution >= 4 is 5.91 Å². The zero-order valence-electron chi connectivity index (χ0n) is 10.8. The Kier molecular flexibility index (Phi) is 6.99. The Morgan fingerprint density at radius 3 is 2.58 bits per heavy atom. The fourth-order valence-corrected chi connectivity index (χ4v) is 1.46. The van der Waals surface area contributed by atoms with Gasteiger partial charge in [-0.2, -0.15) is 0 Å². The predicted molar refractivity (Wildman–Crippen MR) is 68.0 cm³/mol. The number of alkyl halides is 2. The Labute approximate surface area is 111 Å². The third kappa shape index (κ3) is 6.26. The number of nitrogens with one attached hydrogen (secondary N) is 2. The van der Waals surface area contributed by atoms with E-state index in [-0.39, 0.29) is 18.0 Å². The van der Waals surface area contributed by atoms with Crippen molar-refractivity contribution in [1.82, 2.24) is 10.6 Å². The van der Waals surface area contributed by atoms with Gasteiger partial charge in [-0.05, 0) is 5.56 Å². The Bertz CT molecular complexity index is 383. The lowest BCUT2D eigenvalue weighted by molar-refractivity contribution is -0.120. The molecule has 4 nitrogen and oxygen atoms in total. The van der Waals surface area contributed by atoms with Crippen LogP contribution in [0.15, 0.2) is 24.3 Å². The highest BCUT2D eigenvalue weighted by atomic mass is 19.3. The minimum absolute atomic E-state index is 0.000980. The van der Waals surface area contributed by atoms with Gasteiger partial charge in [0.1, 0.15) is 0 Å². The number of hydrogen-bond acceptors (Lipinski definition) is 3. The van der Waals surface area contributed by atoms with Gasteiger partial charge < -0.3 is 15.4 Å². The minimum atomic E-state index is -2.45. The SMILES string of the molecule is COCCNC(=O)CNCc1ccc(C(F)F)cc1. The molecule has 0 saturated carbocycles. The van der Waals surface area contributed by atoms with Crippen LogP contribution in [0.3, 0.4) is 0 Å². The fourth-order valence-electron chi connectivity index (χ4n) is 1.46. The summed E-state index contributed by atoms with van der Waals surface area (Å²) in [6.07, 6.45) is -2.45. The van der Waals surface area contributed by atoms with Gasteiger partial charge in [0, 0.05) is 25.8 Å². The van der Waals surface area contributed by atoms with Crippen molar-refractivity contribution in [2.45, 2.75) is 13.0 Å². The van der Waals surface area contributed by atoms with Gasteiger partial charge in [0.25, 0.3) is 6.43 Å². The van der Waals surface area contributed by atoms with Crippen molar-refractivity contribution in [2.24, 2.45) is 0 Å². The lowest BCUT2D eigenvalue weighted by Gasteiger charge is -2.07. The number of carbonyl (C=O) groups excluding carboxylic acids is 1. The fraction of sp³-hybridized carbons (Fsp3) is 0.462. The van der Waals surface area contributed by atoms with E-state index in [4.69, 9.17) is 4.74 Å². The smallest absolute Gasteiger partial charge is 0.263 e. The van der Waals surface area contributed by atoms with Gasteiger partial charge in [-0.15, -0.1) is 0 Å². The monoisotopic (exact) mass is 272 g/mol. The number of ether oxygens (including phenoxy) is 1. The van der Waals surface area contributed by atoms with Crippen LogP contribution >= 0.6 is 0 Å². The number of benzene rings is 1. The van der Waals surface area contributed by atoms with Crippen LogP contribution in [-0.2, 0) is 16.1 Å². The van der Waals surface area contributed by atoms with E-state index < -0.39 is 6.43 Å². The standard InChI is InChI=1S/C13H18F2N2O2/c1-19-7-6-17-12(18)9-16-8-10-2-4-11(5-3-10)13(14)15/h2-5,13,16H,6-9H2,1H3,(H,17,18). The van der Waals surface area contributed by atoms with Gasteiger partial charge in [-0.1, -0.05) is 24.3 Å². The molecule has 1 rings (SSSR count). The van der Waals surface area contributed by atoms with Crippen LogP contribution < -0.4 is 10.6 Å². The molecule has 0 bridgehead atoms. The second-order valence-electron chi connectivity index (χ2n) is 3.99. The van der Waals surface area contributed by atoms with E-state index in [2.05, 4.69) is 10.6 Å². The molecule has 0 unspecified atom stereocenters. The molecule has 2 N–H and O–H groups in total. The molecule has 0 heterocycles. The molecule has 1 amide bonds. The summed E-state index contributed by atoms with van der Waals surface area (Å²) in [5.41, 5.74) is 0.857. The molecule has 0 saturated heterocycles. The summed E-state index contributed by atoms with van der Waals surface area (Å²) < 4.78 is 29.5. The molecule has 0 atom stereocenters. The predicted octanol–water partition coefficient (Wildman–Crippen LogP) is 1.48. The number of rotatable bonds is 8. The van der Waals surface area contributed by atoms with Crippen LogP contribution in [0.1, 0.15) is 17.6 Å². The first-order valence-electron chi connectivity index (χ1n) is 5.97. The zero-order valence-corrected chi connectivity index (χ0v) is 10.8. The Morgan fingerprint density at radius 1 is 1.32 bits per heavy atom. The van der Waals surface area contributed by atoms with E-state index in [0.29, 0.717) is 19.7 Å². The summed E-state index contributed by atoms with van der Waals surface area (Å²) in [6, 6.07) is 6.02. The Balaban J connectivity index is 2.23. The molecule has 6 heteroatoms. The molecule has 19 heavy (non-hydrogen) atoms. The summed E-state index contributed by atoms with van der Waals surface area (Å²) >= 11 is 0. The first-order chi connectivity index (χ1) is 9.13. The highest BCUT2D eigenvalue weighted by molar-refractivity contribution is 5.77. The highest BCUT2D eigenvalue weighted by Crippen LogP contribution is 2.18. The van der Waals surface area contributed by atoms with E-state index in [1.807, 2.05) is 0 Å². The van der Waals surface area contributed by atoms with Crippen LogP contribution in [0.25, 0.3) is 0 Å². The minimum Gasteiger partial charge on any atom is -0.383 e. The molecule has 1 aromatic rings. The molecule has 0 aliphatic heterocycles. The Hall–Kier alpha value is -1.53. The van der Waals surface area contributed by atoms with E-state index in [1.165, 1.54) is 12.1 Å². The van der Waals surface area contributed by atoms with Gasteiger partial charge in [-0.25, -0.2) is 8.78 Å². The lowest BCUT2D eigenvalue weighted by atomic mass is 10.1. The topological polar surface area (TPSA) is 50.4 Å². The second-order valence-corrected chi connectivity index (χ2v) is 3.99. The molecule has 0 aliphatic rings. The summed E-state index contributed by atoms with van der Waals surface area (Å²) in [5.74, 6) is -0.124. The molecule has 1 aromatic carbocycles. The molecule has 0 aromatic heterocycles. The third-order valence-electron chi connectivity index (χ3n) is 2.47. The number of hydrogen-bond donors (Lipinski definition) is 2. The maximum Gasteiger partial charge on any atom is 0.263 e. The van der Waals surface area contributed by atoms with Crippen molar-refractivity contribution in [3.63, 3.8) is 0 Å². The summed E-state index contributed by atoms with van der Waals surface area (Å²) in [4.78, 5) is 11.3. The molecule has 106 valence electrons. The molecule has 0 fully saturated rings. The van der Waals surface area contributed by atoms with Gasteiger partial charge >= 0.3 is 0 Å². The van der Waals surface area contributed by atoms with E-state index >= 15 is 0 Å². The average Bonchev–Trinajstić information content (AvgIpc) is 2.39. The van der Waals surface area contributed by atoms with E-state index in [0.717, 1.165) is 5.56 Å². The van der Waals surface area contributed by atoms with Crippen molar-refractivity contribution in [3.05, 3.63) is 35.4 Å². The van der Waals surface area contributed by atoms with Crippen LogP contribution in [0.2, 0.25) is 0 Å². The first-order valence-corrected chi connectivity index (χ1v) is 5.97. The molecule has 0 spiro atoms. The number of amides is 1. The van der Waals surface area contributed by atoms with Gasteiger partial charge in [0.2, 0.25) is 5.91 Å². The second kappa shape index (κ2) is 8.55. The highest BCUT2D eigenvalue weighted by Gasteiger charge is 2.06. The van der Waals surface area contributed by atoms with Crippen LogP contribution in [0, 0.1) is 0 Å². The van der Waals surface area contributed by atoms with E-state index in [1.54, 1.807) is 19.2 Å². The summed E-state index contributed by atoms with van der Waals surface area (Å²) in [7, 11) is 1.56. The van der Waals surface area contributed by atoms with Crippen LogP contribution in [-0.4, -0.2) is 32.7 Å². The number of methoxy groups -OCH3 is 1. The Morgan fingerprint density at radius 2 is 2.00 bits per heavy atom. The molecular weight excluding hydrogens is 254 g/mol. The average molecular weight is 272 g/mol. The van der Waals surface area contributed by atoms with Crippen molar-refractivity contribution in [1.29, 1.82) is 0 Å². The van der Waals surface area contributed by atoms with Gasteiger partial charge in [0.05, 0.1) is 13.2 Å². The van der Waals surface area contributed by atoms with Gasteiger partial charge in [-0.3, -0.25) is 4.79 Å². The van der Waals surface area contributed by atoms with Crippen molar-refractivity contribution in [3.8, 4) is 0 Å². The first kappa shape index (κ1) is 15.5. The van der Waals surface area contributed by atoms with E-state index in [9.17, 15) is 13.6 Å². The van der Waals surface area contributed by atoms with Crippen LogP contribution in [0.4, 0.5) is 8.78 Å². The maximum atomic E-state index is 12.3. The maximum absolute atomic E-state index is 12.3. The summed E-state index contributed by atoms with van der Waals surface area (Å²) in [6.45, 7) is 1.59. The lowest BCUT2D eigenvalue weighted by Crippen LogP contribution is -2.35. The van der Waals surface area contributed by atoms with Crippen LogP contribution in [0.5, 0.6) is 0 Å².